The van der Waals surface area contributed by atoms with Crippen LogP contribution in [0.1, 0.15) is 16.7 Å². The van der Waals surface area contributed by atoms with Crippen LogP contribution in [0.15, 0.2) is 97.1 Å². The molecule has 1 N–H and O–H groups in total. The number of nitrogens with zero attached hydrogens (tertiary/aromatic N) is 1. The third kappa shape index (κ3) is 2.44. The molecular weight excluding hydrogens is 346 g/mol. The smallest absolute Gasteiger partial charge is 0.268 e. The summed E-state index contributed by atoms with van der Waals surface area (Å²) >= 11 is 0. The number of anilines is 1. The number of para-hydroxylation sites is 1. The van der Waals surface area contributed by atoms with Crippen LogP contribution in [0.5, 0.6) is 0 Å². The van der Waals surface area contributed by atoms with Crippen molar-refractivity contribution in [3.8, 4) is 0 Å². The summed E-state index contributed by atoms with van der Waals surface area (Å²) in [5.41, 5.74) is 1.32. The lowest BCUT2D eigenvalue weighted by atomic mass is 9.86. The molecule has 0 unspecified atom stereocenters. The van der Waals surface area contributed by atoms with Crippen molar-refractivity contribution < 1.29 is 9.90 Å². The van der Waals surface area contributed by atoms with Gasteiger partial charge in [0.25, 0.3) is 5.91 Å². The zero-order chi connectivity index (χ0) is 19.1. The Bertz CT molecular complexity index is 1190. The fourth-order valence-electron chi connectivity index (χ4n) is 4.05. The maximum atomic E-state index is 13.5. The van der Waals surface area contributed by atoms with Crippen LogP contribution >= 0.6 is 0 Å². The monoisotopic (exact) mass is 365 g/mol. The Labute approximate surface area is 163 Å². The molecule has 0 aliphatic carbocycles. The molecule has 4 aromatic carbocycles. The Morgan fingerprint density at radius 2 is 1.43 bits per heavy atom. The molecule has 28 heavy (non-hydrogen) atoms. The van der Waals surface area contributed by atoms with Crippen molar-refractivity contribution >= 4 is 22.4 Å². The molecule has 0 saturated heterocycles. The minimum Gasteiger partial charge on any atom is -0.372 e. The Balaban J connectivity index is 1.65. The first-order valence-electron chi connectivity index (χ1n) is 9.35. The zero-order valence-corrected chi connectivity index (χ0v) is 15.2. The molecule has 0 radical (unpaired) electrons. The van der Waals surface area contributed by atoms with Gasteiger partial charge in [-0.2, -0.15) is 0 Å². The molecule has 3 nitrogen and oxygen atoms in total. The van der Waals surface area contributed by atoms with E-state index in [1.807, 2.05) is 97.1 Å². The fourth-order valence-corrected chi connectivity index (χ4v) is 4.05. The largest absolute Gasteiger partial charge is 0.372 e. The summed E-state index contributed by atoms with van der Waals surface area (Å²) in [6.45, 7) is 0.423. The molecule has 0 saturated carbocycles. The summed E-state index contributed by atoms with van der Waals surface area (Å²) in [5.74, 6) is -0.312. The maximum Gasteiger partial charge on any atom is 0.268 e. The van der Waals surface area contributed by atoms with Gasteiger partial charge in [0.15, 0.2) is 5.60 Å². The number of benzene rings is 4. The van der Waals surface area contributed by atoms with E-state index in [4.69, 9.17) is 0 Å². The predicted molar refractivity (Wildman–Crippen MR) is 111 cm³/mol. The number of carbonyl (C=O) groups excluding carboxylic acids is 1. The van der Waals surface area contributed by atoms with E-state index < -0.39 is 5.60 Å². The molecule has 1 amide bonds. The van der Waals surface area contributed by atoms with Crippen LogP contribution in [0.25, 0.3) is 10.8 Å². The van der Waals surface area contributed by atoms with Crippen LogP contribution in [-0.4, -0.2) is 11.0 Å². The van der Waals surface area contributed by atoms with Crippen LogP contribution in [0.2, 0.25) is 0 Å². The van der Waals surface area contributed by atoms with Gasteiger partial charge in [-0.1, -0.05) is 84.9 Å². The van der Waals surface area contributed by atoms with Gasteiger partial charge < -0.3 is 10.0 Å². The van der Waals surface area contributed by atoms with E-state index in [0.29, 0.717) is 17.7 Å². The first-order chi connectivity index (χ1) is 13.7. The van der Waals surface area contributed by atoms with Crippen LogP contribution < -0.4 is 4.90 Å². The summed E-state index contributed by atoms with van der Waals surface area (Å²) in [7, 11) is 0. The predicted octanol–water partition coefficient (Wildman–Crippen LogP) is 4.62. The lowest BCUT2D eigenvalue weighted by Crippen LogP contribution is -2.40. The topological polar surface area (TPSA) is 40.5 Å². The Kier molecular flexibility index (Phi) is 3.78. The third-order valence-corrected chi connectivity index (χ3v) is 5.49. The van der Waals surface area contributed by atoms with E-state index in [2.05, 4.69) is 0 Å². The molecule has 3 heteroatoms. The number of fused-ring (bicyclic) bond motifs is 2. The van der Waals surface area contributed by atoms with Gasteiger partial charge >= 0.3 is 0 Å². The maximum absolute atomic E-state index is 13.5. The van der Waals surface area contributed by atoms with Crippen LogP contribution in [0.3, 0.4) is 0 Å². The van der Waals surface area contributed by atoms with Gasteiger partial charge in [0.1, 0.15) is 0 Å². The van der Waals surface area contributed by atoms with Gasteiger partial charge in [0, 0.05) is 5.56 Å². The normalized spacial score (nSPS) is 18.5. The van der Waals surface area contributed by atoms with E-state index in [9.17, 15) is 9.90 Å². The second-order valence-electron chi connectivity index (χ2n) is 7.17. The molecule has 0 spiro atoms. The van der Waals surface area contributed by atoms with Crippen molar-refractivity contribution in [3.05, 3.63) is 114 Å². The Hall–Kier alpha value is -3.43. The fraction of sp³-hybridized carbons (Fsp3) is 0.0800. The molecular formula is C25H19NO2. The first-order valence-corrected chi connectivity index (χ1v) is 9.35. The molecule has 0 bridgehead atoms. The van der Waals surface area contributed by atoms with E-state index in [-0.39, 0.29) is 5.91 Å². The van der Waals surface area contributed by atoms with Crippen molar-refractivity contribution in [3.63, 3.8) is 0 Å². The van der Waals surface area contributed by atoms with Gasteiger partial charge in [0.2, 0.25) is 0 Å². The quantitative estimate of drug-likeness (QED) is 0.575. The van der Waals surface area contributed by atoms with Crippen molar-refractivity contribution in [2.75, 3.05) is 4.90 Å². The van der Waals surface area contributed by atoms with Gasteiger partial charge in [-0.25, -0.2) is 0 Å². The highest BCUT2D eigenvalue weighted by Crippen LogP contribution is 2.45. The van der Waals surface area contributed by atoms with Crippen LogP contribution in [-0.2, 0) is 16.9 Å². The van der Waals surface area contributed by atoms with E-state index in [1.54, 1.807) is 4.90 Å². The lowest BCUT2D eigenvalue weighted by molar-refractivity contribution is -0.132. The Morgan fingerprint density at radius 3 is 2.25 bits per heavy atom. The van der Waals surface area contributed by atoms with Crippen molar-refractivity contribution in [2.24, 2.45) is 0 Å². The molecule has 4 aromatic rings. The summed E-state index contributed by atoms with van der Waals surface area (Å²) in [6.07, 6.45) is 0. The molecule has 1 atom stereocenters. The molecule has 1 aliphatic rings. The lowest BCUT2D eigenvalue weighted by Gasteiger charge is -2.24. The molecule has 5 rings (SSSR count). The van der Waals surface area contributed by atoms with E-state index in [1.165, 1.54) is 0 Å². The Morgan fingerprint density at radius 1 is 0.750 bits per heavy atom. The minimum absolute atomic E-state index is 0.312. The number of hydrogen-bond acceptors (Lipinski definition) is 2. The third-order valence-electron chi connectivity index (χ3n) is 5.49. The first kappa shape index (κ1) is 16.7. The van der Waals surface area contributed by atoms with E-state index in [0.717, 1.165) is 22.0 Å². The van der Waals surface area contributed by atoms with Crippen molar-refractivity contribution in [2.45, 2.75) is 12.1 Å². The standard InChI is InChI=1S/C25H19NO2/c27-24-25(28,21-15-14-19-10-4-5-11-20(19)16-21)22-12-6-7-13-23(22)26(24)17-18-8-2-1-3-9-18/h1-16,28H,17H2/t25-/m1/s1. The van der Waals surface area contributed by atoms with Crippen LogP contribution in [0.4, 0.5) is 5.69 Å². The molecule has 0 aromatic heterocycles. The molecule has 1 aliphatic heterocycles. The zero-order valence-electron chi connectivity index (χ0n) is 15.2. The van der Waals surface area contributed by atoms with Gasteiger partial charge in [-0.15, -0.1) is 0 Å². The average molecular weight is 365 g/mol. The second-order valence-corrected chi connectivity index (χ2v) is 7.17. The number of carbonyl (C=O) groups is 1. The number of amides is 1. The van der Waals surface area contributed by atoms with Crippen LogP contribution in [0, 0.1) is 0 Å². The molecule has 1 heterocycles. The van der Waals surface area contributed by atoms with Gasteiger partial charge in [-0.05, 0) is 34.0 Å². The number of hydrogen-bond donors (Lipinski definition) is 1. The highest BCUT2D eigenvalue weighted by molar-refractivity contribution is 6.09. The van der Waals surface area contributed by atoms with E-state index >= 15 is 0 Å². The molecule has 0 fully saturated rings. The second kappa shape index (κ2) is 6.32. The van der Waals surface area contributed by atoms with Crippen molar-refractivity contribution in [1.82, 2.24) is 0 Å². The SMILES string of the molecule is O=C1N(Cc2ccccc2)c2ccccc2[C@]1(O)c1ccc2ccccc2c1. The number of rotatable bonds is 3. The average Bonchev–Trinajstić information content (AvgIpc) is 2.97. The molecule has 136 valence electrons. The summed E-state index contributed by atoms with van der Waals surface area (Å²) in [6, 6.07) is 31.0. The van der Waals surface area contributed by atoms with Gasteiger partial charge in [0.05, 0.1) is 12.2 Å². The summed E-state index contributed by atoms with van der Waals surface area (Å²) in [5, 5.41) is 13.8. The highest BCUT2D eigenvalue weighted by Gasteiger charge is 2.50. The highest BCUT2D eigenvalue weighted by atomic mass is 16.3. The van der Waals surface area contributed by atoms with Gasteiger partial charge in [-0.3, -0.25) is 4.79 Å². The number of aliphatic hydroxyl groups is 1. The summed E-state index contributed by atoms with van der Waals surface area (Å²) < 4.78 is 0. The van der Waals surface area contributed by atoms with Crippen molar-refractivity contribution in [1.29, 1.82) is 0 Å². The minimum atomic E-state index is -1.69. The summed E-state index contributed by atoms with van der Waals surface area (Å²) in [4.78, 5) is 15.2.